The Morgan fingerprint density at radius 3 is 2.67 bits per heavy atom. The zero-order valence-electron chi connectivity index (χ0n) is 13.3. The van der Waals surface area contributed by atoms with Crippen LogP contribution in [0.3, 0.4) is 0 Å². The van der Waals surface area contributed by atoms with E-state index in [-0.39, 0.29) is 6.04 Å². The van der Waals surface area contributed by atoms with E-state index in [0.717, 1.165) is 51.9 Å². The van der Waals surface area contributed by atoms with Crippen molar-refractivity contribution < 1.29 is 8.42 Å². The summed E-state index contributed by atoms with van der Waals surface area (Å²) in [6.45, 7) is 7.16. The molecule has 0 bridgehead atoms. The molecular weight excluding hydrogens is 288 g/mol. The van der Waals surface area contributed by atoms with Crippen LogP contribution in [-0.4, -0.2) is 70.0 Å². The van der Waals surface area contributed by atoms with Crippen molar-refractivity contribution in [2.45, 2.75) is 38.6 Å². The molecule has 0 aromatic carbocycles. The van der Waals surface area contributed by atoms with E-state index in [9.17, 15) is 8.42 Å². The standard InChI is InChI=1S/C14H30N4O2S/c1-3-7-15-10-13-5-4-8-18(11-13)21(19,20)16-14-6-9-17(2)12-14/h13-16H,3-12H2,1-2H3. The number of hydrogen-bond acceptors (Lipinski definition) is 4. The Balaban J connectivity index is 1.84. The third-order valence-electron chi connectivity index (χ3n) is 4.39. The van der Waals surface area contributed by atoms with Crippen LogP contribution in [-0.2, 0) is 10.2 Å². The van der Waals surface area contributed by atoms with Crippen LogP contribution in [0.5, 0.6) is 0 Å². The van der Waals surface area contributed by atoms with Crippen molar-refractivity contribution in [3.63, 3.8) is 0 Å². The summed E-state index contributed by atoms with van der Waals surface area (Å²) in [5, 5.41) is 3.41. The quantitative estimate of drug-likeness (QED) is 0.660. The minimum atomic E-state index is -3.32. The van der Waals surface area contributed by atoms with E-state index in [2.05, 4.69) is 21.9 Å². The predicted molar refractivity (Wildman–Crippen MR) is 85.4 cm³/mol. The van der Waals surface area contributed by atoms with E-state index in [0.29, 0.717) is 19.0 Å². The van der Waals surface area contributed by atoms with E-state index < -0.39 is 10.2 Å². The molecule has 0 amide bonds. The molecular formula is C14H30N4O2S. The Labute approximate surface area is 129 Å². The van der Waals surface area contributed by atoms with Crippen molar-refractivity contribution in [3.05, 3.63) is 0 Å². The van der Waals surface area contributed by atoms with E-state index in [1.807, 2.05) is 7.05 Å². The monoisotopic (exact) mass is 318 g/mol. The number of hydrogen-bond donors (Lipinski definition) is 2. The number of piperidine rings is 1. The highest BCUT2D eigenvalue weighted by Gasteiger charge is 2.32. The topological polar surface area (TPSA) is 64.7 Å². The number of likely N-dealkylation sites (N-methyl/N-ethyl adjacent to an activating group) is 1. The van der Waals surface area contributed by atoms with E-state index in [4.69, 9.17) is 0 Å². The zero-order chi connectivity index (χ0) is 15.3. The molecule has 2 aliphatic rings. The number of likely N-dealkylation sites (tertiary alicyclic amines) is 1. The van der Waals surface area contributed by atoms with Crippen LogP contribution in [0.4, 0.5) is 0 Å². The van der Waals surface area contributed by atoms with Gasteiger partial charge in [0.1, 0.15) is 0 Å². The zero-order valence-corrected chi connectivity index (χ0v) is 14.2. The maximum atomic E-state index is 12.5. The third kappa shape index (κ3) is 5.17. The molecule has 0 aromatic heterocycles. The first-order valence-electron chi connectivity index (χ1n) is 8.18. The van der Waals surface area contributed by atoms with Gasteiger partial charge in [-0.3, -0.25) is 0 Å². The molecule has 0 spiro atoms. The van der Waals surface area contributed by atoms with Gasteiger partial charge < -0.3 is 10.2 Å². The van der Waals surface area contributed by atoms with Crippen LogP contribution >= 0.6 is 0 Å². The molecule has 7 heteroatoms. The Hall–Kier alpha value is -0.210. The van der Waals surface area contributed by atoms with Gasteiger partial charge in [-0.25, -0.2) is 0 Å². The molecule has 2 fully saturated rings. The third-order valence-corrected chi connectivity index (χ3v) is 6.03. The van der Waals surface area contributed by atoms with Gasteiger partial charge in [-0.1, -0.05) is 6.92 Å². The lowest BCUT2D eigenvalue weighted by Gasteiger charge is -2.32. The van der Waals surface area contributed by atoms with Crippen molar-refractivity contribution in [2.75, 3.05) is 46.3 Å². The fraction of sp³-hybridized carbons (Fsp3) is 1.00. The molecule has 2 saturated heterocycles. The van der Waals surface area contributed by atoms with Crippen LogP contribution in [0, 0.1) is 5.92 Å². The average Bonchev–Trinajstić information content (AvgIpc) is 2.84. The molecule has 21 heavy (non-hydrogen) atoms. The molecule has 0 saturated carbocycles. The largest absolute Gasteiger partial charge is 0.316 e. The molecule has 0 aliphatic carbocycles. The van der Waals surface area contributed by atoms with Gasteiger partial charge in [0.2, 0.25) is 0 Å². The summed E-state index contributed by atoms with van der Waals surface area (Å²) >= 11 is 0. The average molecular weight is 318 g/mol. The number of nitrogens with zero attached hydrogens (tertiary/aromatic N) is 2. The van der Waals surface area contributed by atoms with Crippen LogP contribution in [0.1, 0.15) is 32.6 Å². The van der Waals surface area contributed by atoms with Gasteiger partial charge in [0.05, 0.1) is 0 Å². The molecule has 2 N–H and O–H groups in total. The number of nitrogens with one attached hydrogen (secondary N) is 2. The summed E-state index contributed by atoms with van der Waals surface area (Å²) in [6.07, 6.45) is 4.11. The molecule has 124 valence electrons. The Morgan fingerprint density at radius 2 is 2.00 bits per heavy atom. The van der Waals surface area contributed by atoms with Crippen LogP contribution < -0.4 is 10.0 Å². The van der Waals surface area contributed by atoms with Crippen molar-refractivity contribution in [3.8, 4) is 0 Å². The molecule has 0 radical (unpaired) electrons. The Morgan fingerprint density at radius 1 is 1.19 bits per heavy atom. The molecule has 2 aliphatic heterocycles. The maximum absolute atomic E-state index is 12.5. The van der Waals surface area contributed by atoms with Crippen molar-refractivity contribution in [1.82, 2.24) is 19.2 Å². The summed E-state index contributed by atoms with van der Waals surface area (Å²) in [4.78, 5) is 2.17. The first kappa shape index (κ1) is 17.1. The van der Waals surface area contributed by atoms with Crippen molar-refractivity contribution >= 4 is 10.2 Å². The summed E-state index contributed by atoms with van der Waals surface area (Å²) in [5.74, 6) is 0.438. The molecule has 2 heterocycles. The second-order valence-corrected chi connectivity index (χ2v) is 8.14. The van der Waals surface area contributed by atoms with Crippen LogP contribution in [0.25, 0.3) is 0 Å². The first-order valence-corrected chi connectivity index (χ1v) is 9.62. The highest BCUT2D eigenvalue weighted by molar-refractivity contribution is 7.87. The normalized spacial score (nSPS) is 29.0. The second-order valence-electron chi connectivity index (χ2n) is 6.44. The minimum absolute atomic E-state index is 0.0681. The van der Waals surface area contributed by atoms with Gasteiger partial charge >= 0.3 is 0 Å². The Kier molecular flexibility index (Phi) is 6.43. The van der Waals surface area contributed by atoms with Gasteiger partial charge in [-0.05, 0) is 58.3 Å². The SMILES string of the molecule is CCCNCC1CCCN(S(=O)(=O)NC2CCN(C)C2)C1. The molecule has 0 aromatic rings. The smallest absolute Gasteiger partial charge is 0.279 e. The lowest BCUT2D eigenvalue weighted by atomic mass is 10.00. The maximum Gasteiger partial charge on any atom is 0.279 e. The molecule has 6 nitrogen and oxygen atoms in total. The van der Waals surface area contributed by atoms with Crippen molar-refractivity contribution in [1.29, 1.82) is 0 Å². The molecule has 2 atom stereocenters. The lowest BCUT2D eigenvalue weighted by Crippen LogP contribution is -2.50. The predicted octanol–water partition coefficient (Wildman–Crippen LogP) is 0.237. The van der Waals surface area contributed by atoms with Gasteiger partial charge in [-0.2, -0.15) is 17.4 Å². The second kappa shape index (κ2) is 7.87. The summed E-state index contributed by atoms with van der Waals surface area (Å²) in [7, 11) is -1.29. The summed E-state index contributed by atoms with van der Waals surface area (Å²) in [5.41, 5.74) is 0. The molecule has 2 unspecified atom stereocenters. The van der Waals surface area contributed by atoms with Gasteiger partial charge in [0.15, 0.2) is 0 Å². The number of rotatable bonds is 7. The van der Waals surface area contributed by atoms with Gasteiger partial charge in [0, 0.05) is 25.7 Å². The van der Waals surface area contributed by atoms with E-state index in [1.54, 1.807) is 4.31 Å². The summed E-state index contributed by atoms with van der Waals surface area (Å²) < 4.78 is 29.5. The fourth-order valence-electron chi connectivity index (χ4n) is 3.21. The van der Waals surface area contributed by atoms with E-state index >= 15 is 0 Å². The first-order chi connectivity index (χ1) is 10.0. The fourth-order valence-corrected chi connectivity index (χ4v) is 4.75. The highest BCUT2D eigenvalue weighted by atomic mass is 32.2. The van der Waals surface area contributed by atoms with E-state index in [1.165, 1.54) is 0 Å². The van der Waals surface area contributed by atoms with Gasteiger partial charge in [0.25, 0.3) is 10.2 Å². The molecule has 2 rings (SSSR count). The lowest BCUT2D eigenvalue weighted by molar-refractivity contribution is 0.256. The minimum Gasteiger partial charge on any atom is -0.316 e. The van der Waals surface area contributed by atoms with Crippen LogP contribution in [0.15, 0.2) is 0 Å². The summed E-state index contributed by atoms with van der Waals surface area (Å²) in [6, 6.07) is 0.0681. The Bertz CT molecular complexity index is 415. The van der Waals surface area contributed by atoms with Gasteiger partial charge in [-0.15, -0.1) is 0 Å². The highest BCUT2D eigenvalue weighted by Crippen LogP contribution is 2.19. The van der Waals surface area contributed by atoms with Crippen molar-refractivity contribution in [2.24, 2.45) is 5.92 Å². The van der Waals surface area contributed by atoms with Crippen LogP contribution in [0.2, 0.25) is 0 Å².